The van der Waals surface area contributed by atoms with Gasteiger partial charge in [-0.05, 0) is 27.2 Å². The first-order valence-electron chi connectivity index (χ1n) is 6.99. The van der Waals surface area contributed by atoms with Crippen LogP contribution in [0, 0.1) is 0 Å². The van der Waals surface area contributed by atoms with Crippen molar-refractivity contribution >= 4 is 17.6 Å². The first-order valence-corrected chi connectivity index (χ1v) is 7.37. The standard InChI is InChI=1S/C14H24ClN3O2/c1-6-11-14(15)12(18(7-2)16-11)8-17(10(3)4)9-13(19)20-5/h10H,6-9H2,1-5H3. The number of esters is 1. The molecule has 0 fully saturated rings. The maximum Gasteiger partial charge on any atom is 0.319 e. The molecule has 1 aromatic heterocycles. The molecule has 114 valence electrons. The van der Waals surface area contributed by atoms with Crippen LogP contribution in [0.3, 0.4) is 0 Å². The van der Waals surface area contributed by atoms with Crippen molar-refractivity contribution in [2.75, 3.05) is 13.7 Å². The average molecular weight is 302 g/mol. The molecule has 0 radical (unpaired) electrons. The number of carbonyl (C=O) groups excluding carboxylic acids is 1. The molecule has 0 aliphatic carbocycles. The Morgan fingerprint density at radius 2 is 2.10 bits per heavy atom. The lowest BCUT2D eigenvalue weighted by Gasteiger charge is -2.25. The highest BCUT2D eigenvalue weighted by Crippen LogP contribution is 2.23. The minimum absolute atomic E-state index is 0.218. The van der Waals surface area contributed by atoms with Gasteiger partial charge in [0, 0.05) is 19.1 Å². The fourth-order valence-corrected chi connectivity index (χ4v) is 2.34. The molecule has 0 N–H and O–H groups in total. The Balaban J connectivity index is 2.98. The number of hydrogen-bond donors (Lipinski definition) is 0. The van der Waals surface area contributed by atoms with Crippen LogP contribution in [0.25, 0.3) is 0 Å². The van der Waals surface area contributed by atoms with Crippen molar-refractivity contribution in [3.05, 3.63) is 16.4 Å². The summed E-state index contributed by atoms with van der Waals surface area (Å²) >= 11 is 6.40. The number of hydrogen-bond acceptors (Lipinski definition) is 4. The normalized spacial score (nSPS) is 11.4. The van der Waals surface area contributed by atoms with Gasteiger partial charge in [-0.3, -0.25) is 14.4 Å². The Kier molecular flexibility index (Phi) is 6.49. The topological polar surface area (TPSA) is 47.4 Å². The Bertz CT molecular complexity index is 458. The Labute approximate surface area is 125 Å². The quantitative estimate of drug-likeness (QED) is 0.726. The largest absolute Gasteiger partial charge is 0.468 e. The van der Waals surface area contributed by atoms with Crippen molar-refractivity contribution in [1.29, 1.82) is 0 Å². The Hall–Kier alpha value is -1.07. The van der Waals surface area contributed by atoms with Crippen LogP contribution >= 0.6 is 11.6 Å². The average Bonchev–Trinajstić information content (AvgIpc) is 2.73. The zero-order valence-corrected chi connectivity index (χ0v) is 13.7. The van der Waals surface area contributed by atoms with Gasteiger partial charge >= 0.3 is 5.97 Å². The van der Waals surface area contributed by atoms with E-state index >= 15 is 0 Å². The fourth-order valence-electron chi connectivity index (χ4n) is 2.01. The number of nitrogens with zero attached hydrogens (tertiary/aromatic N) is 3. The number of rotatable bonds is 7. The predicted molar refractivity (Wildman–Crippen MR) is 79.9 cm³/mol. The second-order valence-electron chi connectivity index (χ2n) is 4.95. The lowest BCUT2D eigenvalue weighted by atomic mass is 10.2. The van der Waals surface area contributed by atoms with E-state index < -0.39 is 0 Å². The smallest absolute Gasteiger partial charge is 0.319 e. The molecule has 0 aliphatic rings. The van der Waals surface area contributed by atoms with E-state index in [2.05, 4.69) is 5.10 Å². The summed E-state index contributed by atoms with van der Waals surface area (Å²) in [4.78, 5) is 13.5. The second kappa shape index (κ2) is 7.64. The maximum atomic E-state index is 11.5. The molecule has 0 bridgehead atoms. The molecule has 0 unspecified atom stereocenters. The number of halogens is 1. The SMILES string of the molecule is CCc1nn(CC)c(CN(CC(=O)OC)C(C)C)c1Cl. The van der Waals surface area contributed by atoms with Crippen LogP contribution in [0.15, 0.2) is 0 Å². The molecule has 0 atom stereocenters. The number of methoxy groups -OCH3 is 1. The van der Waals surface area contributed by atoms with Gasteiger partial charge < -0.3 is 4.74 Å². The molecule has 0 aliphatic heterocycles. The number of ether oxygens (including phenoxy) is 1. The van der Waals surface area contributed by atoms with Gasteiger partial charge in [0.05, 0.1) is 30.1 Å². The molecule has 0 spiro atoms. The molecule has 0 aromatic carbocycles. The van der Waals surface area contributed by atoms with E-state index in [1.54, 1.807) is 0 Å². The van der Waals surface area contributed by atoms with Gasteiger partial charge in [0.1, 0.15) is 0 Å². The molecule has 6 heteroatoms. The van der Waals surface area contributed by atoms with E-state index in [0.717, 1.165) is 24.4 Å². The maximum absolute atomic E-state index is 11.5. The van der Waals surface area contributed by atoms with Gasteiger partial charge in [-0.15, -0.1) is 0 Å². The van der Waals surface area contributed by atoms with Crippen molar-refractivity contribution < 1.29 is 9.53 Å². The van der Waals surface area contributed by atoms with Gasteiger partial charge in [-0.25, -0.2) is 0 Å². The lowest BCUT2D eigenvalue weighted by Crippen LogP contribution is -2.36. The lowest BCUT2D eigenvalue weighted by molar-refractivity contribution is -0.142. The molecular formula is C14H24ClN3O2. The van der Waals surface area contributed by atoms with E-state index in [1.807, 2.05) is 37.3 Å². The third-order valence-electron chi connectivity index (χ3n) is 3.34. The summed E-state index contributed by atoms with van der Waals surface area (Å²) in [6, 6.07) is 0.218. The Morgan fingerprint density at radius 3 is 2.55 bits per heavy atom. The van der Waals surface area contributed by atoms with Gasteiger partial charge in [0.2, 0.25) is 0 Å². The van der Waals surface area contributed by atoms with Crippen LogP contribution in [0.4, 0.5) is 0 Å². The van der Waals surface area contributed by atoms with Gasteiger partial charge in [0.15, 0.2) is 0 Å². The third-order valence-corrected chi connectivity index (χ3v) is 3.77. The Morgan fingerprint density at radius 1 is 1.45 bits per heavy atom. The van der Waals surface area contributed by atoms with Crippen LogP contribution in [-0.4, -0.2) is 40.3 Å². The van der Waals surface area contributed by atoms with Crippen LogP contribution in [-0.2, 0) is 29.0 Å². The monoisotopic (exact) mass is 301 g/mol. The molecule has 1 heterocycles. The van der Waals surface area contributed by atoms with Crippen molar-refractivity contribution in [2.45, 2.75) is 53.2 Å². The molecular weight excluding hydrogens is 278 g/mol. The number of aromatic nitrogens is 2. The van der Waals surface area contributed by atoms with Gasteiger partial charge in [0.25, 0.3) is 0 Å². The van der Waals surface area contributed by atoms with Crippen molar-refractivity contribution in [3.63, 3.8) is 0 Å². The second-order valence-corrected chi connectivity index (χ2v) is 5.33. The minimum Gasteiger partial charge on any atom is -0.468 e. The molecule has 1 rings (SSSR count). The molecule has 1 aromatic rings. The summed E-state index contributed by atoms with van der Waals surface area (Å²) in [6.07, 6.45) is 0.803. The van der Waals surface area contributed by atoms with Crippen LogP contribution in [0.1, 0.15) is 39.1 Å². The van der Waals surface area contributed by atoms with Crippen LogP contribution in [0.5, 0.6) is 0 Å². The summed E-state index contributed by atoms with van der Waals surface area (Å²) in [5.41, 5.74) is 1.87. The van der Waals surface area contributed by atoms with E-state index in [1.165, 1.54) is 7.11 Å². The highest BCUT2D eigenvalue weighted by Gasteiger charge is 2.21. The zero-order chi connectivity index (χ0) is 15.3. The molecule has 20 heavy (non-hydrogen) atoms. The number of carbonyl (C=O) groups is 1. The molecule has 0 saturated carbocycles. The highest BCUT2D eigenvalue weighted by molar-refractivity contribution is 6.31. The highest BCUT2D eigenvalue weighted by atomic mass is 35.5. The summed E-state index contributed by atoms with van der Waals surface area (Å²) in [6.45, 7) is 9.76. The summed E-state index contributed by atoms with van der Waals surface area (Å²) in [5, 5.41) is 5.21. The van der Waals surface area contributed by atoms with Crippen LogP contribution in [0.2, 0.25) is 5.02 Å². The van der Waals surface area contributed by atoms with Crippen molar-refractivity contribution in [1.82, 2.24) is 14.7 Å². The van der Waals surface area contributed by atoms with Crippen LogP contribution < -0.4 is 0 Å². The van der Waals surface area contributed by atoms with Crippen molar-refractivity contribution in [3.8, 4) is 0 Å². The summed E-state index contributed by atoms with van der Waals surface area (Å²) in [7, 11) is 1.40. The molecule has 5 nitrogen and oxygen atoms in total. The fraction of sp³-hybridized carbons (Fsp3) is 0.714. The van der Waals surface area contributed by atoms with E-state index in [9.17, 15) is 4.79 Å². The molecule has 0 saturated heterocycles. The third kappa shape index (κ3) is 3.96. The molecule has 0 amide bonds. The first-order chi connectivity index (χ1) is 9.44. The first kappa shape index (κ1) is 17.0. The van der Waals surface area contributed by atoms with Crippen molar-refractivity contribution in [2.24, 2.45) is 0 Å². The van der Waals surface area contributed by atoms with E-state index in [4.69, 9.17) is 16.3 Å². The zero-order valence-electron chi connectivity index (χ0n) is 12.9. The summed E-state index contributed by atoms with van der Waals surface area (Å²) in [5.74, 6) is -0.242. The van der Waals surface area contributed by atoms with E-state index in [0.29, 0.717) is 11.6 Å². The van der Waals surface area contributed by atoms with E-state index in [-0.39, 0.29) is 18.6 Å². The number of aryl methyl sites for hydroxylation is 2. The summed E-state index contributed by atoms with van der Waals surface area (Å²) < 4.78 is 6.66. The van der Waals surface area contributed by atoms with Gasteiger partial charge in [-0.2, -0.15) is 5.10 Å². The minimum atomic E-state index is -0.242. The predicted octanol–water partition coefficient (Wildman–Crippen LogP) is 2.50. The van der Waals surface area contributed by atoms with Gasteiger partial charge in [-0.1, -0.05) is 18.5 Å².